The predicted molar refractivity (Wildman–Crippen MR) is 70.8 cm³/mol. The van der Waals surface area contributed by atoms with E-state index in [1.165, 1.54) is 19.3 Å². The van der Waals surface area contributed by atoms with Crippen LogP contribution in [0.25, 0.3) is 0 Å². The average molecular weight is 223 g/mol. The van der Waals surface area contributed by atoms with E-state index in [2.05, 4.69) is 35.5 Å². The van der Waals surface area contributed by atoms with Crippen molar-refractivity contribution in [2.75, 3.05) is 13.6 Å². The van der Waals surface area contributed by atoms with Crippen LogP contribution in [-0.4, -0.2) is 25.6 Å². The quantitative estimate of drug-likeness (QED) is 0.427. The van der Waals surface area contributed by atoms with Crippen LogP contribution in [0.4, 0.5) is 0 Å². The molecule has 3 heteroatoms. The Balaban J connectivity index is 2.18. The Kier molecular flexibility index (Phi) is 5.98. The zero-order valence-corrected chi connectivity index (χ0v) is 10.8. The average Bonchev–Trinajstić information content (AvgIpc) is 2.80. The van der Waals surface area contributed by atoms with E-state index in [1.54, 1.807) is 5.57 Å². The molecule has 0 saturated heterocycles. The summed E-state index contributed by atoms with van der Waals surface area (Å²) >= 11 is 0. The first-order valence-electron chi connectivity index (χ1n) is 6.41. The van der Waals surface area contributed by atoms with Crippen LogP contribution >= 0.6 is 0 Å². The number of rotatable bonds is 5. The summed E-state index contributed by atoms with van der Waals surface area (Å²) in [5, 5.41) is 6.72. The summed E-state index contributed by atoms with van der Waals surface area (Å²) in [5.41, 5.74) is 1.60. The number of hydrogen-bond donors (Lipinski definition) is 2. The molecular formula is C13H25N3. The van der Waals surface area contributed by atoms with Gasteiger partial charge in [-0.3, -0.25) is 4.99 Å². The zero-order chi connectivity index (χ0) is 11.8. The van der Waals surface area contributed by atoms with Gasteiger partial charge in [-0.05, 0) is 39.0 Å². The lowest BCUT2D eigenvalue weighted by atomic mass is 10.2. The Hall–Kier alpha value is -0.990. The standard InChI is InChI=1S/C13H25N3/c1-4-11(2)16-13(14-3)15-10-9-12-7-5-6-8-12/h7,11H,4-6,8-10H2,1-3H3,(H2,14,15,16). The van der Waals surface area contributed by atoms with Gasteiger partial charge in [-0.25, -0.2) is 0 Å². The van der Waals surface area contributed by atoms with Crippen LogP contribution in [0.3, 0.4) is 0 Å². The van der Waals surface area contributed by atoms with Crippen molar-refractivity contribution in [3.05, 3.63) is 11.6 Å². The first-order chi connectivity index (χ1) is 7.76. The second-order valence-corrected chi connectivity index (χ2v) is 4.46. The van der Waals surface area contributed by atoms with Gasteiger partial charge >= 0.3 is 0 Å². The fraction of sp³-hybridized carbons (Fsp3) is 0.769. The summed E-state index contributed by atoms with van der Waals surface area (Å²) < 4.78 is 0. The van der Waals surface area contributed by atoms with Gasteiger partial charge in [0.15, 0.2) is 5.96 Å². The Morgan fingerprint density at radius 1 is 1.56 bits per heavy atom. The molecule has 0 radical (unpaired) electrons. The van der Waals surface area contributed by atoms with Crippen molar-refractivity contribution >= 4 is 5.96 Å². The third-order valence-corrected chi connectivity index (χ3v) is 3.09. The lowest BCUT2D eigenvalue weighted by Gasteiger charge is -2.16. The minimum atomic E-state index is 0.483. The second kappa shape index (κ2) is 7.31. The van der Waals surface area contributed by atoms with Gasteiger partial charge in [0.1, 0.15) is 0 Å². The summed E-state index contributed by atoms with van der Waals surface area (Å²) in [7, 11) is 1.83. The van der Waals surface area contributed by atoms with Crippen molar-refractivity contribution in [3.63, 3.8) is 0 Å². The van der Waals surface area contributed by atoms with E-state index in [9.17, 15) is 0 Å². The minimum absolute atomic E-state index is 0.483. The summed E-state index contributed by atoms with van der Waals surface area (Å²) in [5.74, 6) is 0.924. The fourth-order valence-electron chi connectivity index (χ4n) is 1.84. The smallest absolute Gasteiger partial charge is 0.191 e. The van der Waals surface area contributed by atoms with Crippen LogP contribution in [0, 0.1) is 0 Å². The molecule has 1 aliphatic carbocycles. The van der Waals surface area contributed by atoms with E-state index in [-0.39, 0.29) is 0 Å². The van der Waals surface area contributed by atoms with Gasteiger partial charge in [-0.1, -0.05) is 18.6 Å². The Morgan fingerprint density at radius 2 is 2.38 bits per heavy atom. The van der Waals surface area contributed by atoms with Gasteiger partial charge in [0.25, 0.3) is 0 Å². The summed E-state index contributed by atoms with van der Waals surface area (Å²) in [6.07, 6.45) is 8.56. The number of aliphatic imine (C=N–C) groups is 1. The van der Waals surface area contributed by atoms with E-state index >= 15 is 0 Å². The number of allylic oxidation sites excluding steroid dienone is 1. The van der Waals surface area contributed by atoms with Crippen LogP contribution in [0.15, 0.2) is 16.6 Å². The first kappa shape index (κ1) is 13.1. The summed E-state index contributed by atoms with van der Waals surface area (Å²) in [4.78, 5) is 4.22. The molecular weight excluding hydrogens is 198 g/mol. The van der Waals surface area contributed by atoms with Crippen LogP contribution in [0.2, 0.25) is 0 Å². The van der Waals surface area contributed by atoms with Gasteiger partial charge in [0.05, 0.1) is 0 Å². The molecule has 1 unspecified atom stereocenters. The topological polar surface area (TPSA) is 36.4 Å². The monoisotopic (exact) mass is 223 g/mol. The largest absolute Gasteiger partial charge is 0.356 e. The van der Waals surface area contributed by atoms with Crippen molar-refractivity contribution in [2.24, 2.45) is 4.99 Å². The van der Waals surface area contributed by atoms with E-state index in [4.69, 9.17) is 0 Å². The van der Waals surface area contributed by atoms with Crippen molar-refractivity contribution in [3.8, 4) is 0 Å². The Morgan fingerprint density at radius 3 is 2.94 bits per heavy atom. The lowest BCUT2D eigenvalue weighted by molar-refractivity contribution is 0.623. The molecule has 0 aromatic rings. The summed E-state index contributed by atoms with van der Waals surface area (Å²) in [6, 6.07) is 0.483. The first-order valence-corrected chi connectivity index (χ1v) is 6.41. The van der Waals surface area contributed by atoms with Crippen LogP contribution < -0.4 is 10.6 Å². The van der Waals surface area contributed by atoms with E-state index in [0.29, 0.717) is 6.04 Å². The van der Waals surface area contributed by atoms with Gasteiger partial charge < -0.3 is 10.6 Å². The summed E-state index contributed by atoms with van der Waals surface area (Å²) in [6.45, 7) is 5.34. The SMILES string of the molecule is CCC(C)NC(=NC)NCCC1=CCCC1. The molecule has 0 fully saturated rings. The van der Waals surface area contributed by atoms with Gasteiger partial charge in [-0.15, -0.1) is 0 Å². The number of nitrogens with zero attached hydrogens (tertiary/aromatic N) is 1. The highest BCUT2D eigenvalue weighted by Crippen LogP contribution is 2.19. The molecule has 3 nitrogen and oxygen atoms in total. The molecule has 1 atom stereocenters. The fourth-order valence-corrected chi connectivity index (χ4v) is 1.84. The normalized spacial score (nSPS) is 18.2. The van der Waals surface area contributed by atoms with Gasteiger partial charge in [0, 0.05) is 19.6 Å². The third kappa shape index (κ3) is 4.69. The van der Waals surface area contributed by atoms with Crippen LogP contribution in [-0.2, 0) is 0 Å². The third-order valence-electron chi connectivity index (χ3n) is 3.09. The molecule has 0 aromatic heterocycles. The molecule has 0 saturated carbocycles. The molecule has 92 valence electrons. The van der Waals surface area contributed by atoms with Gasteiger partial charge in [-0.2, -0.15) is 0 Å². The Labute approximate surface area is 99.4 Å². The van der Waals surface area contributed by atoms with E-state index < -0.39 is 0 Å². The van der Waals surface area contributed by atoms with Gasteiger partial charge in [0.2, 0.25) is 0 Å². The number of nitrogens with one attached hydrogen (secondary N) is 2. The van der Waals surface area contributed by atoms with Crippen molar-refractivity contribution < 1.29 is 0 Å². The zero-order valence-electron chi connectivity index (χ0n) is 10.8. The Bertz CT molecular complexity index is 256. The van der Waals surface area contributed by atoms with Crippen LogP contribution in [0.1, 0.15) is 46.0 Å². The highest BCUT2D eigenvalue weighted by molar-refractivity contribution is 5.79. The van der Waals surface area contributed by atoms with E-state index in [1.807, 2.05) is 7.05 Å². The second-order valence-electron chi connectivity index (χ2n) is 4.46. The molecule has 0 heterocycles. The highest BCUT2D eigenvalue weighted by Gasteiger charge is 2.05. The molecule has 0 spiro atoms. The maximum atomic E-state index is 4.22. The minimum Gasteiger partial charge on any atom is -0.356 e. The molecule has 1 rings (SSSR count). The van der Waals surface area contributed by atoms with Crippen LogP contribution in [0.5, 0.6) is 0 Å². The predicted octanol–water partition coefficient (Wildman–Crippen LogP) is 2.45. The lowest BCUT2D eigenvalue weighted by Crippen LogP contribution is -2.42. The molecule has 0 aliphatic heterocycles. The molecule has 0 aromatic carbocycles. The molecule has 0 amide bonds. The number of guanidine groups is 1. The number of hydrogen-bond acceptors (Lipinski definition) is 1. The van der Waals surface area contributed by atoms with Crippen molar-refractivity contribution in [1.82, 2.24) is 10.6 Å². The molecule has 2 N–H and O–H groups in total. The van der Waals surface area contributed by atoms with Crippen molar-refractivity contribution in [1.29, 1.82) is 0 Å². The molecule has 1 aliphatic rings. The molecule has 16 heavy (non-hydrogen) atoms. The highest BCUT2D eigenvalue weighted by atomic mass is 15.2. The van der Waals surface area contributed by atoms with E-state index in [0.717, 1.165) is 25.3 Å². The molecule has 0 bridgehead atoms. The maximum Gasteiger partial charge on any atom is 0.191 e. The maximum absolute atomic E-state index is 4.22. The van der Waals surface area contributed by atoms with Crippen molar-refractivity contribution in [2.45, 2.75) is 52.0 Å².